The molecule has 4 N–H and O–H groups in total. The minimum Gasteiger partial charge on any atom is -0.347 e. The van der Waals surface area contributed by atoms with Crippen LogP contribution in [0.15, 0.2) is 52.1 Å². The number of rotatable bonds is 5. The largest absolute Gasteiger partial charge is 0.416 e. The molecule has 0 aliphatic rings. The van der Waals surface area contributed by atoms with Crippen LogP contribution in [-0.2, 0) is 22.2 Å². The van der Waals surface area contributed by atoms with E-state index in [0.717, 1.165) is 12.1 Å². The fourth-order valence-corrected chi connectivity index (χ4v) is 2.77. The van der Waals surface area contributed by atoms with Crippen molar-refractivity contribution in [1.82, 2.24) is 15.5 Å². The molecule has 0 radical (unpaired) electrons. The van der Waals surface area contributed by atoms with Crippen LogP contribution < -0.4 is 21.8 Å². The van der Waals surface area contributed by atoms with Crippen LogP contribution in [0.4, 0.5) is 18.9 Å². The maximum absolute atomic E-state index is 12.6. The Morgan fingerprint density at radius 3 is 2.23 bits per heavy atom. The molecule has 1 heterocycles. The van der Waals surface area contributed by atoms with Crippen LogP contribution in [0.25, 0.3) is 10.8 Å². The van der Waals surface area contributed by atoms with E-state index in [1.807, 2.05) is 0 Å². The van der Waals surface area contributed by atoms with Gasteiger partial charge < -0.3 is 10.6 Å². The quantitative estimate of drug-likeness (QED) is 0.500. The zero-order valence-corrected chi connectivity index (χ0v) is 15.2. The van der Waals surface area contributed by atoms with Crippen LogP contribution in [0.3, 0.4) is 0 Å². The summed E-state index contributed by atoms with van der Waals surface area (Å²) in [6.45, 7) is -0.434. The highest BCUT2D eigenvalue weighted by Gasteiger charge is 2.29. The van der Waals surface area contributed by atoms with Gasteiger partial charge in [-0.05, 0) is 29.8 Å². The third-order valence-corrected chi connectivity index (χ3v) is 4.19. The number of carbonyl (C=O) groups is 2. The fraction of sp³-hybridized carbons (Fsp3) is 0.158. The molecule has 0 atom stereocenters. The first-order valence-corrected chi connectivity index (χ1v) is 8.61. The van der Waals surface area contributed by atoms with Crippen LogP contribution in [0, 0.1) is 0 Å². The van der Waals surface area contributed by atoms with Gasteiger partial charge in [0.15, 0.2) is 0 Å². The molecular weight excluding hydrogens is 405 g/mol. The minimum absolute atomic E-state index is 0.00863. The highest BCUT2D eigenvalue weighted by atomic mass is 19.4. The van der Waals surface area contributed by atoms with Crippen molar-refractivity contribution in [1.29, 1.82) is 0 Å². The predicted octanol–water partition coefficient (Wildman–Crippen LogP) is 1.53. The molecule has 1 aromatic heterocycles. The van der Waals surface area contributed by atoms with Crippen LogP contribution >= 0.6 is 0 Å². The number of benzene rings is 2. The smallest absolute Gasteiger partial charge is 0.347 e. The highest BCUT2D eigenvalue weighted by Crippen LogP contribution is 2.29. The number of anilines is 1. The Hall–Kier alpha value is -3.89. The Morgan fingerprint density at radius 1 is 0.900 bits per heavy atom. The van der Waals surface area contributed by atoms with Gasteiger partial charge >= 0.3 is 6.18 Å². The lowest BCUT2D eigenvalue weighted by Crippen LogP contribution is -2.34. The average Bonchev–Trinajstić information content (AvgIpc) is 2.69. The number of amides is 2. The lowest BCUT2D eigenvalue weighted by atomic mass is 10.1. The summed E-state index contributed by atoms with van der Waals surface area (Å²) in [5, 5.41) is 9.20. The van der Waals surface area contributed by atoms with Crippen molar-refractivity contribution in [2.45, 2.75) is 12.6 Å². The first-order chi connectivity index (χ1) is 14.1. The molecule has 156 valence electrons. The summed E-state index contributed by atoms with van der Waals surface area (Å²) in [6.07, 6.45) is -4.68. The van der Waals surface area contributed by atoms with Crippen LogP contribution in [0.1, 0.15) is 11.1 Å². The summed E-state index contributed by atoms with van der Waals surface area (Å²) in [5.41, 5.74) is -1.52. The van der Waals surface area contributed by atoms with Crippen molar-refractivity contribution >= 4 is 28.3 Å². The van der Waals surface area contributed by atoms with Crippen molar-refractivity contribution in [2.75, 3.05) is 11.9 Å². The van der Waals surface area contributed by atoms with Crippen molar-refractivity contribution < 1.29 is 22.8 Å². The summed E-state index contributed by atoms with van der Waals surface area (Å²) in [5.74, 6) is -1.22. The number of hydrogen-bond acceptors (Lipinski definition) is 4. The van der Waals surface area contributed by atoms with Gasteiger partial charge in [0.05, 0.1) is 35.0 Å². The molecule has 0 aliphatic carbocycles. The van der Waals surface area contributed by atoms with Gasteiger partial charge in [-0.2, -0.15) is 13.2 Å². The second-order valence-electron chi connectivity index (χ2n) is 6.33. The van der Waals surface area contributed by atoms with Crippen molar-refractivity contribution in [3.63, 3.8) is 0 Å². The summed E-state index contributed by atoms with van der Waals surface area (Å²) in [7, 11) is 0. The van der Waals surface area contributed by atoms with Crippen molar-refractivity contribution in [3.05, 3.63) is 74.3 Å². The van der Waals surface area contributed by atoms with Gasteiger partial charge in [0.1, 0.15) is 0 Å². The van der Waals surface area contributed by atoms with Crippen LogP contribution in [0.2, 0.25) is 0 Å². The Labute approximate surface area is 166 Å². The van der Waals surface area contributed by atoms with E-state index in [0.29, 0.717) is 5.56 Å². The van der Waals surface area contributed by atoms with E-state index in [1.54, 1.807) is 0 Å². The van der Waals surface area contributed by atoms with Gasteiger partial charge in [-0.15, -0.1) is 0 Å². The molecule has 2 amide bonds. The van der Waals surface area contributed by atoms with E-state index in [2.05, 4.69) is 20.8 Å². The summed E-state index contributed by atoms with van der Waals surface area (Å²) in [4.78, 5) is 47.8. The molecule has 3 rings (SSSR count). The van der Waals surface area contributed by atoms with E-state index in [9.17, 15) is 32.3 Å². The Kier molecular flexibility index (Phi) is 5.72. The molecule has 0 saturated carbocycles. The molecule has 0 fully saturated rings. The fourth-order valence-electron chi connectivity index (χ4n) is 2.77. The zero-order valence-electron chi connectivity index (χ0n) is 15.2. The molecule has 8 nitrogen and oxygen atoms in total. The third kappa shape index (κ3) is 4.74. The number of alkyl halides is 3. The van der Waals surface area contributed by atoms with E-state index in [1.165, 1.54) is 30.3 Å². The van der Waals surface area contributed by atoms with E-state index < -0.39 is 41.2 Å². The molecule has 11 heteroatoms. The van der Waals surface area contributed by atoms with Gasteiger partial charge in [0, 0.05) is 0 Å². The monoisotopic (exact) mass is 420 g/mol. The lowest BCUT2D eigenvalue weighted by Gasteiger charge is -2.10. The molecule has 2 aromatic carbocycles. The van der Waals surface area contributed by atoms with Crippen LogP contribution in [0.5, 0.6) is 0 Å². The first-order valence-electron chi connectivity index (χ1n) is 8.61. The Morgan fingerprint density at radius 2 is 1.57 bits per heavy atom. The van der Waals surface area contributed by atoms with Gasteiger partial charge in [-0.1, -0.05) is 18.2 Å². The number of carbonyl (C=O) groups excluding carboxylic acids is 2. The number of nitrogens with one attached hydrogen (secondary N) is 4. The van der Waals surface area contributed by atoms with Gasteiger partial charge in [0.2, 0.25) is 11.8 Å². The van der Waals surface area contributed by atoms with Gasteiger partial charge in [-0.3, -0.25) is 29.4 Å². The number of halogens is 3. The Bertz CT molecular complexity index is 1210. The Balaban J connectivity index is 1.61. The predicted molar refractivity (Wildman–Crippen MR) is 102 cm³/mol. The summed E-state index contributed by atoms with van der Waals surface area (Å²) in [6, 6.07) is 8.44. The van der Waals surface area contributed by atoms with E-state index in [-0.39, 0.29) is 22.9 Å². The molecule has 0 aliphatic heterocycles. The topological polar surface area (TPSA) is 124 Å². The molecule has 0 bridgehead atoms. The molecule has 0 spiro atoms. The normalized spacial score (nSPS) is 11.3. The SMILES string of the molecule is O=C(Cc1ccc(C(F)(F)F)cc1)NCC(=O)Nc1cccc2c(=O)[nH][nH]c(=O)c12. The molecule has 30 heavy (non-hydrogen) atoms. The minimum atomic E-state index is -4.47. The molecular formula is C19H15F3N4O4. The van der Waals surface area contributed by atoms with Crippen LogP contribution in [-0.4, -0.2) is 28.6 Å². The van der Waals surface area contributed by atoms with Crippen molar-refractivity contribution in [3.8, 4) is 0 Å². The number of aromatic nitrogens is 2. The number of fused-ring (bicyclic) bond motifs is 1. The first kappa shape index (κ1) is 20.8. The van der Waals surface area contributed by atoms with Crippen molar-refractivity contribution in [2.24, 2.45) is 0 Å². The highest BCUT2D eigenvalue weighted by molar-refractivity contribution is 6.02. The molecule has 0 unspecified atom stereocenters. The van der Waals surface area contributed by atoms with Gasteiger partial charge in [-0.25, -0.2) is 0 Å². The zero-order chi connectivity index (χ0) is 21.9. The maximum Gasteiger partial charge on any atom is 0.416 e. The summed E-state index contributed by atoms with van der Waals surface area (Å²) >= 11 is 0. The standard InChI is InChI=1S/C19H15F3N4O4/c20-19(21,22)11-6-4-10(5-7-11)8-14(27)23-9-15(28)24-13-3-1-2-12-16(13)18(30)26-25-17(12)29/h1-7H,8-9H2,(H,23,27)(H,24,28)(H,25,29)(H,26,30). The average molecular weight is 420 g/mol. The summed E-state index contributed by atoms with van der Waals surface area (Å²) < 4.78 is 37.7. The number of hydrogen-bond donors (Lipinski definition) is 4. The third-order valence-electron chi connectivity index (χ3n) is 4.19. The molecule has 3 aromatic rings. The second kappa shape index (κ2) is 8.23. The second-order valence-corrected chi connectivity index (χ2v) is 6.33. The maximum atomic E-state index is 12.6. The molecule has 0 saturated heterocycles. The lowest BCUT2D eigenvalue weighted by molar-refractivity contribution is -0.137. The van der Waals surface area contributed by atoms with E-state index in [4.69, 9.17) is 0 Å². The van der Waals surface area contributed by atoms with E-state index >= 15 is 0 Å². The number of H-pyrrole nitrogens is 2. The number of aromatic amines is 2. The van der Waals surface area contributed by atoms with Gasteiger partial charge in [0.25, 0.3) is 11.1 Å².